The number of carboxylic acid groups (broad SMARTS) is 2. The summed E-state index contributed by atoms with van der Waals surface area (Å²) in [5.41, 5.74) is 0. The van der Waals surface area contributed by atoms with Gasteiger partial charge < -0.3 is 20.4 Å². The Labute approximate surface area is 58.5 Å². The zero-order valence-electron chi connectivity index (χ0n) is 5.69. The quantitative estimate of drug-likeness (QED) is 0.440. The van der Waals surface area contributed by atoms with Gasteiger partial charge in [0, 0.05) is 19.1 Å². The van der Waals surface area contributed by atoms with Crippen molar-refractivity contribution in [1.82, 2.24) is 0 Å². The van der Waals surface area contributed by atoms with Gasteiger partial charge in [0.15, 0.2) is 0 Å². The van der Waals surface area contributed by atoms with Crippen LogP contribution >= 0.6 is 0 Å². The molecule has 5 nitrogen and oxygen atoms in total. The summed E-state index contributed by atoms with van der Waals surface area (Å²) in [6.07, 6.45) is -1.83. The molecule has 0 bridgehead atoms. The zero-order chi connectivity index (χ0) is 8.57. The minimum Gasteiger partial charge on any atom is -0.450 e. The summed E-state index contributed by atoms with van der Waals surface area (Å²) in [5.74, 6) is 0.0463. The highest BCUT2D eigenvalue weighted by Crippen LogP contribution is 1.85. The molecule has 4 N–H and O–H groups in total. The molecular weight excluding hydrogens is 140 g/mol. The van der Waals surface area contributed by atoms with Crippen molar-refractivity contribution < 1.29 is 25.2 Å². The van der Waals surface area contributed by atoms with Crippen molar-refractivity contribution >= 4 is 6.16 Å². The highest BCUT2D eigenvalue weighted by atomic mass is 16.6. The molecule has 0 unspecified atom stereocenters. The van der Waals surface area contributed by atoms with E-state index in [1.165, 1.54) is 0 Å². The molecule has 0 atom stereocenters. The summed E-state index contributed by atoms with van der Waals surface area (Å²) >= 11 is 0. The molecule has 0 aromatic heterocycles. The summed E-state index contributed by atoms with van der Waals surface area (Å²) in [4.78, 5) is 8.56. The molecule has 0 saturated heterocycles. The van der Waals surface area contributed by atoms with Crippen molar-refractivity contribution in [2.45, 2.75) is 6.92 Å². The fraction of sp³-hybridized carbons (Fsp3) is 0.800. The van der Waals surface area contributed by atoms with Crippen LogP contribution in [0.3, 0.4) is 0 Å². The van der Waals surface area contributed by atoms with Crippen molar-refractivity contribution in [3.05, 3.63) is 0 Å². The molecule has 0 aliphatic carbocycles. The maximum absolute atomic E-state index is 8.56. The molecule has 62 valence electrons. The van der Waals surface area contributed by atoms with Crippen LogP contribution in [0.25, 0.3) is 0 Å². The van der Waals surface area contributed by atoms with Gasteiger partial charge in [-0.3, -0.25) is 0 Å². The minimum absolute atomic E-state index is 0.0463. The highest BCUT2D eigenvalue weighted by molar-refractivity contribution is 5.53. The second kappa shape index (κ2) is 8.19. The normalized spacial score (nSPS) is 8.40. The summed E-state index contributed by atoms with van der Waals surface area (Å²) in [6, 6.07) is 0. The van der Waals surface area contributed by atoms with E-state index >= 15 is 0 Å². The predicted molar refractivity (Wildman–Crippen MR) is 34.0 cm³/mol. The van der Waals surface area contributed by atoms with E-state index in [-0.39, 0.29) is 19.1 Å². The molecule has 0 radical (unpaired) electrons. The standard InChI is InChI=1S/C4H10O2.CH2O3/c1-4(2-5)3-6;2-1(3)4/h4-6H,2-3H2,1H3;(H2,2,3,4). The van der Waals surface area contributed by atoms with E-state index in [1.807, 2.05) is 0 Å². The van der Waals surface area contributed by atoms with Gasteiger partial charge in [0.05, 0.1) is 0 Å². The van der Waals surface area contributed by atoms with E-state index in [0.717, 1.165) is 0 Å². The third kappa shape index (κ3) is 27.1. The van der Waals surface area contributed by atoms with Gasteiger partial charge in [-0.05, 0) is 0 Å². The van der Waals surface area contributed by atoms with Gasteiger partial charge in [0.25, 0.3) is 0 Å². The Hall–Kier alpha value is -0.810. The minimum atomic E-state index is -1.83. The van der Waals surface area contributed by atoms with Crippen molar-refractivity contribution in [1.29, 1.82) is 0 Å². The van der Waals surface area contributed by atoms with E-state index in [9.17, 15) is 0 Å². The Morgan fingerprint density at radius 2 is 1.50 bits per heavy atom. The molecular formula is C5H12O5. The third-order valence-electron chi connectivity index (χ3n) is 0.623. The van der Waals surface area contributed by atoms with Crippen molar-refractivity contribution in [2.75, 3.05) is 13.2 Å². The van der Waals surface area contributed by atoms with Crippen molar-refractivity contribution in [2.24, 2.45) is 5.92 Å². The smallest absolute Gasteiger partial charge is 0.450 e. The topological polar surface area (TPSA) is 98.0 Å². The van der Waals surface area contributed by atoms with Crippen LogP contribution in [0.15, 0.2) is 0 Å². The Kier molecular flexibility index (Phi) is 9.77. The van der Waals surface area contributed by atoms with Crippen LogP contribution in [0.1, 0.15) is 6.92 Å². The second-order valence-electron chi connectivity index (χ2n) is 1.75. The number of aliphatic hydroxyl groups excluding tert-OH is 2. The molecule has 0 fully saturated rings. The van der Waals surface area contributed by atoms with Gasteiger partial charge in [0.1, 0.15) is 0 Å². The maximum atomic E-state index is 8.56. The van der Waals surface area contributed by atoms with Crippen molar-refractivity contribution in [3.63, 3.8) is 0 Å². The average Bonchev–Trinajstić information content (AvgIpc) is 1.85. The maximum Gasteiger partial charge on any atom is 0.503 e. The average molecular weight is 152 g/mol. The first-order valence-electron chi connectivity index (χ1n) is 2.68. The lowest BCUT2D eigenvalue weighted by molar-refractivity contribution is 0.137. The van der Waals surface area contributed by atoms with Gasteiger partial charge in [0.2, 0.25) is 0 Å². The monoisotopic (exact) mass is 152 g/mol. The molecule has 0 rings (SSSR count). The molecule has 0 saturated carbocycles. The number of rotatable bonds is 2. The largest absolute Gasteiger partial charge is 0.503 e. The van der Waals surface area contributed by atoms with E-state index < -0.39 is 6.16 Å². The van der Waals surface area contributed by atoms with E-state index in [4.69, 9.17) is 25.2 Å². The molecule has 0 aromatic carbocycles. The van der Waals surface area contributed by atoms with Gasteiger partial charge in [-0.25, -0.2) is 4.79 Å². The molecule has 5 heteroatoms. The van der Waals surface area contributed by atoms with E-state index in [0.29, 0.717) is 0 Å². The first-order valence-corrected chi connectivity index (χ1v) is 2.68. The van der Waals surface area contributed by atoms with Crippen LogP contribution < -0.4 is 0 Å². The van der Waals surface area contributed by atoms with Gasteiger partial charge in [-0.1, -0.05) is 6.92 Å². The summed E-state index contributed by atoms with van der Waals surface area (Å²) < 4.78 is 0. The van der Waals surface area contributed by atoms with Crippen LogP contribution in [0.4, 0.5) is 4.79 Å². The van der Waals surface area contributed by atoms with E-state index in [1.54, 1.807) is 6.92 Å². The van der Waals surface area contributed by atoms with Crippen LogP contribution in [0.2, 0.25) is 0 Å². The first-order chi connectivity index (χ1) is 4.54. The fourth-order valence-electron chi connectivity index (χ4n) is 0.0577. The molecule has 0 spiro atoms. The number of carbonyl (C=O) groups is 1. The zero-order valence-corrected chi connectivity index (χ0v) is 5.69. The Bertz CT molecular complexity index is 74.1. The predicted octanol–water partition coefficient (Wildman–Crippen LogP) is -0.171. The summed E-state index contributed by atoms with van der Waals surface area (Å²) in [7, 11) is 0. The fourth-order valence-corrected chi connectivity index (χ4v) is 0.0577. The molecule has 0 aliphatic rings. The van der Waals surface area contributed by atoms with Crippen molar-refractivity contribution in [3.8, 4) is 0 Å². The number of hydrogen-bond donors (Lipinski definition) is 4. The molecule has 0 aliphatic heterocycles. The number of aliphatic hydroxyl groups is 2. The summed E-state index contributed by atoms with van der Waals surface area (Å²) in [6.45, 7) is 1.94. The first kappa shape index (κ1) is 11.9. The van der Waals surface area contributed by atoms with Crippen LogP contribution in [0.5, 0.6) is 0 Å². The Morgan fingerprint density at radius 1 is 1.30 bits per heavy atom. The van der Waals surface area contributed by atoms with Gasteiger partial charge in [-0.15, -0.1) is 0 Å². The van der Waals surface area contributed by atoms with E-state index in [2.05, 4.69) is 0 Å². The Balaban J connectivity index is 0. The molecule has 0 amide bonds. The van der Waals surface area contributed by atoms with Crippen LogP contribution in [0, 0.1) is 5.92 Å². The Morgan fingerprint density at radius 3 is 1.50 bits per heavy atom. The summed E-state index contributed by atoms with van der Waals surface area (Å²) in [5, 5.41) is 30.3. The second-order valence-corrected chi connectivity index (χ2v) is 1.75. The SMILES string of the molecule is CC(CO)CO.O=C(O)O. The number of hydrogen-bond acceptors (Lipinski definition) is 3. The van der Waals surface area contributed by atoms with Crippen LogP contribution in [-0.2, 0) is 0 Å². The van der Waals surface area contributed by atoms with Gasteiger partial charge >= 0.3 is 6.16 Å². The highest BCUT2D eigenvalue weighted by Gasteiger charge is 1.91. The molecule has 10 heavy (non-hydrogen) atoms. The lowest BCUT2D eigenvalue weighted by atomic mass is 10.2. The third-order valence-corrected chi connectivity index (χ3v) is 0.623. The molecule has 0 heterocycles. The lowest BCUT2D eigenvalue weighted by Gasteiger charge is -1.97. The molecule has 0 aromatic rings. The van der Waals surface area contributed by atoms with Crippen LogP contribution in [-0.4, -0.2) is 39.8 Å². The lowest BCUT2D eigenvalue weighted by Crippen LogP contribution is -2.04. The van der Waals surface area contributed by atoms with Gasteiger partial charge in [-0.2, -0.15) is 0 Å².